The Kier molecular flexibility index (Phi) is 4.35. The molecule has 0 atom stereocenters. The average Bonchev–Trinajstić information content (AvgIpc) is 2.21. The second kappa shape index (κ2) is 5.54. The molecule has 0 aliphatic rings. The molecule has 0 aromatic heterocycles. The monoisotopic (exact) mass is 220 g/mol. The maximum atomic E-state index is 11.2. The van der Waals surface area contributed by atoms with Crippen LogP contribution in [-0.4, -0.2) is 19.0 Å². The molecule has 0 saturated carbocycles. The van der Waals surface area contributed by atoms with Crippen molar-refractivity contribution >= 4 is 11.6 Å². The van der Waals surface area contributed by atoms with Crippen LogP contribution in [0, 0.1) is 6.92 Å². The lowest BCUT2D eigenvalue weighted by Crippen LogP contribution is -2.20. The number of carbonyl (C=O) groups is 1. The van der Waals surface area contributed by atoms with Crippen LogP contribution in [0.25, 0.3) is 0 Å². The smallest absolute Gasteiger partial charge is 0.224 e. The Balaban J connectivity index is 2.78. The Labute approximate surface area is 97.2 Å². The maximum absolute atomic E-state index is 11.2. The predicted molar refractivity (Wildman–Crippen MR) is 67.7 cm³/mol. The Morgan fingerprint density at radius 1 is 1.38 bits per heavy atom. The minimum absolute atomic E-state index is 0.0453. The summed E-state index contributed by atoms with van der Waals surface area (Å²) in [6.07, 6.45) is 0.444. The van der Waals surface area contributed by atoms with E-state index in [0.29, 0.717) is 12.5 Å². The van der Waals surface area contributed by atoms with E-state index in [1.165, 1.54) is 5.56 Å². The van der Waals surface area contributed by atoms with E-state index in [1.807, 2.05) is 12.1 Å². The molecule has 1 aromatic carbocycles. The van der Waals surface area contributed by atoms with E-state index in [2.05, 4.69) is 37.5 Å². The average molecular weight is 220 g/mol. The SMILES string of the molecule is CNC(=O)Cc1ccc(NC(C)C)c(C)c1. The summed E-state index contributed by atoms with van der Waals surface area (Å²) in [5.41, 5.74) is 3.36. The van der Waals surface area contributed by atoms with Gasteiger partial charge in [-0.3, -0.25) is 4.79 Å². The summed E-state index contributed by atoms with van der Waals surface area (Å²) in [6, 6.07) is 6.50. The molecule has 0 unspecified atom stereocenters. The minimum Gasteiger partial charge on any atom is -0.383 e. The van der Waals surface area contributed by atoms with Crippen molar-refractivity contribution in [3.8, 4) is 0 Å². The lowest BCUT2D eigenvalue weighted by atomic mass is 10.1. The fourth-order valence-electron chi connectivity index (χ4n) is 1.58. The Bertz CT molecular complexity index is 372. The first-order valence-corrected chi connectivity index (χ1v) is 5.59. The minimum atomic E-state index is 0.0453. The summed E-state index contributed by atoms with van der Waals surface area (Å²) in [6.45, 7) is 6.27. The molecule has 0 aliphatic heterocycles. The van der Waals surface area contributed by atoms with Gasteiger partial charge in [0.1, 0.15) is 0 Å². The molecule has 0 aliphatic carbocycles. The molecule has 16 heavy (non-hydrogen) atoms. The number of likely N-dealkylation sites (N-methyl/N-ethyl adjacent to an activating group) is 1. The molecule has 88 valence electrons. The van der Waals surface area contributed by atoms with Gasteiger partial charge in [-0.05, 0) is 38.0 Å². The Hall–Kier alpha value is -1.51. The van der Waals surface area contributed by atoms with Gasteiger partial charge < -0.3 is 10.6 Å². The van der Waals surface area contributed by atoms with Crippen LogP contribution >= 0.6 is 0 Å². The molecular weight excluding hydrogens is 200 g/mol. The van der Waals surface area contributed by atoms with Gasteiger partial charge in [-0.2, -0.15) is 0 Å². The summed E-state index contributed by atoms with van der Waals surface area (Å²) in [5.74, 6) is 0.0453. The van der Waals surface area contributed by atoms with E-state index in [9.17, 15) is 4.79 Å². The zero-order valence-electron chi connectivity index (χ0n) is 10.4. The highest BCUT2D eigenvalue weighted by atomic mass is 16.1. The highest BCUT2D eigenvalue weighted by Crippen LogP contribution is 2.17. The first-order valence-electron chi connectivity index (χ1n) is 5.59. The number of hydrogen-bond acceptors (Lipinski definition) is 2. The molecular formula is C13H20N2O. The van der Waals surface area contributed by atoms with Crippen molar-refractivity contribution in [1.29, 1.82) is 0 Å². The highest BCUT2D eigenvalue weighted by molar-refractivity contribution is 5.78. The van der Waals surface area contributed by atoms with Gasteiger partial charge >= 0.3 is 0 Å². The van der Waals surface area contributed by atoms with Crippen molar-refractivity contribution in [3.63, 3.8) is 0 Å². The van der Waals surface area contributed by atoms with Crippen LogP contribution in [0.5, 0.6) is 0 Å². The number of carbonyl (C=O) groups excluding carboxylic acids is 1. The number of hydrogen-bond donors (Lipinski definition) is 2. The Morgan fingerprint density at radius 2 is 2.06 bits per heavy atom. The van der Waals surface area contributed by atoms with Crippen LogP contribution in [0.3, 0.4) is 0 Å². The molecule has 3 nitrogen and oxygen atoms in total. The number of anilines is 1. The topological polar surface area (TPSA) is 41.1 Å². The lowest BCUT2D eigenvalue weighted by molar-refractivity contribution is -0.119. The Morgan fingerprint density at radius 3 is 2.56 bits per heavy atom. The summed E-state index contributed by atoms with van der Waals surface area (Å²) in [5, 5.41) is 5.99. The van der Waals surface area contributed by atoms with Crippen LogP contribution in [-0.2, 0) is 11.2 Å². The van der Waals surface area contributed by atoms with E-state index in [1.54, 1.807) is 7.05 Å². The summed E-state index contributed by atoms with van der Waals surface area (Å²) in [7, 11) is 1.66. The van der Waals surface area contributed by atoms with Crippen LogP contribution in [0.1, 0.15) is 25.0 Å². The molecule has 0 fully saturated rings. The van der Waals surface area contributed by atoms with E-state index >= 15 is 0 Å². The van der Waals surface area contributed by atoms with Gasteiger partial charge in [-0.25, -0.2) is 0 Å². The third-order valence-corrected chi connectivity index (χ3v) is 2.38. The second-order valence-corrected chi connectivity index (χ2v) is 4.30. The first-order chi connectivity index (χ1) is 7.52. The standard InChI is InChI=1S/C13H20N2O/c1-9(2)15-12-6-5-11(7-10(12)3)8-13(16)14-4/h5-7,9,15H,8H2,1-4H3,(H,14,16). The highest BCUT2D eigenvalue weighted by Gasteiger charge is 2.04. The summed E-state index contributed by atoms with van der Waals surface area (Å²) >= 11 is 0. The van der Waals surface area contributed by atoms with Crippen LogP contribution in [0.4, 0.5) is 5.69 Å². The van der Waals surface area contributed by atoms with Crippen LogP contribution in [0.15, 0.2) is 18.2 Å². The number of rotatable bonds is 4. The zero-order valence-corrected chi connectivity index (χ0v) is 10.4. The van der Waals surface area contributed by atoms with Crippen molar-refractivity contribution in [3.05, 3.63) is 29.3 Å². The largest absolute Gasteiger partial charge is 0.383 e. The van der Waals surface area contributed by atoms with Crippen molar-refractivity contribution < 1.29 is 4.79 Å². The molecule has 1 amide bonds. The molecule has 0 saturated heterocycles. The van der Waals surface area contributed by atoms with E-state index in [4.69, 9.17) is 0 Å². The molecule has 1 aromatic rings. The van der Waals surface area contributed by atoms with E-state index < -0.39 is 0 Å². The first kappa shape index (κ1) is 12.6. The van der Waals surface area contributed by atoms with E-state index in [0.717, 1.165) is 11.3 Å². The molecule has 3 heteroatoms. The number of aryl methyl sites for hydroxylation is 1. The second-order valence-electron chi connectivity index (χ2n) is 4.30. The zero-order chi connectivity index (χ0) is 12.1. The van der Waals surface area contributed by atoms with Crippen LogP contribution < -0.4 is 10.6 Å². The van der Waals surface area contributed by atoms with Gasteiger partial charge in [0.2, 0.25) is 5.91 Å². The van der Waals surface area contributed by atoms with Gasteiger partial charge in [0.25, 0.3) is 0 Å². The molecule has 0 bridgehead atoms. The van der Waals surface area contributed by atoms with Gasteiger partial charge in [0.05, 0.1) is 6.42 Å². The fourth-order valence-corrected chi connectivity index (χ4v) is 1.58. The maximum Gasteiger partial charge on any atom is 0.224 e. The quantitative estimate of drug-likeness (QED) is 0.816. The predicted octanol–water partition coefficient (Wildman–Crippen LogP) is 2.10. The van der Waals surface area contributed by atoms with Crippen LogP contribution in [0.2, 0.25) is 0 Å². The van der Waals surface area contributed by atoms with Gasteiger partial charge in [0, 0.05) is 18.8 Å². The fraction of sp³-hybridized carbons (Fsp3) is 0.462. The van der Waals surface area contributed by atoms with Gasteiger partial charge in [0.15, 0.2) is 0 Å². The van der Waals surface area contributed by atoms with Crippen molar-refractivity contribution in [1.82, 2.24) is 5.32 Å². The lowest BCUT2D eigenvalue weighted by Gasteiger charge is -2.13. The van der Waals surface area contributed by atoms with Crippen molar-refractivity contribution in [2.24, 2.45) is 0 Å². The molecule has 0 heterocycles. The number of amides is 1. The third-order valence-electron chi connectivity index (χ3n) is 2.38. The molecule has 0 radical (unpaired) electrons. The number of benzene rings is 1. The molecule has 1 rings (SSSR count). The summed E-state index contributed by atoms with van der Waals surface area (Å²) in [4.78, 5) is 11.2. The van der Waals surface area contributed by atoms with Gasteiger partial charge in [-0.15, -0.1) is 0 Å². The van der Waals surface area contributed by atoms with Crippen molar-refractivity contribution in [2.75, 3.05) is 12.4 Å². The number of nitrogens with one attached hydrogen (secondary N) is 2. The third kappa shape index (κ3) is 3.57. The van der Waals surface area contributed by atoms with Crippen molar-refractivity contribution in [2.45, 2.75) is 33.2 Å². The molecule has 2 N–H and O–H groups in total. The van der Waals surface area contributed by atoms with E-state index in [-0.39, 0.29) is 5.91 Å². The summed E-state index contributed by atoms with van der Waals surface area (Å²) < 4.78 is 0. The van der Waals surface area contributed by atoms with Gasteiger partial charge in [-0.1, -0.05) is 12.1 Å². The molecule has 0 spiro atoms. The normalized spacial score (nSPS) is 10.3.